The minimum absolute atomic E-state index is 0.291. The number of aryl methyl sites for hydroxylation is 1. The lowest BCUT2D eigenvalue weighted by Crippen LogP contribution is -2.30. The summed E-state index contributed by atoms with van der Waals surface area (Å²) in [4.78, 5) is 17.2. The number of amides is 1. The standard InChI is InChI=1S/C24H22FN3O3/c1-15-4-10-21(22(12-15)30-3)31-16(2)24(29)26-19-9-11-23-27-20(14-28(23)13-19)17-5-7-18(25)8-6-17/h4-14,16H,1-3H3,(H,26,29). The molecule has 0 fully saturated rings. The van der Waals surface area contributed by atoms with Crippen LogP contribution in [0.4, 0.5) is 10.1 Å². The van der Waals surface area contributed by atoms with E-state index < -0.39 is 6.10 Å². The fourth-order valence-electron chi connectivity index (χ4n) is 3.19. The van der Waals surface area contributed by atoms with Crippen molar-refractivity contribution in [3.05, 3.63) is 78.4 Å². The lowest BCUT2D eigenvalue weighted by atomic mass is 10.2. The third kappa shape index (κ3) is 4.50. The number of halogens is 1. The minimum Gasteiger partial charge on any atom is -0.493 e. The van der Waals surface area contributed by atoms with Gasteiger partial charge in [0.15, 0.2) is 17.6 Å². The summed E-state index contributed by atoms with van der Waals surface area (Å²) < 4.78 is 26.1. The van der Waals surface area contributed by atoms with Crippen LogP contribution in [0, 0.1) is 12.7 Å². The Morgan fingerprint density at radius 3 is 2.58 bits per heavy atom. The van der Waals surface area contributed by atoms with Crippen LogP contribution in [0.1, 0.15) is 12.5 Å². The van der Waals surface area contributed by atoms with E-state index in [4.69, 9.17) is 9.47 Å². The number of imidazole rings is 1. The molecule has 7 heteroatoms. The van der Waals surface area contributed by atoms with E-state index in [1.807, 2.05) is 29.7 Å². The van der Waals surface area contributed by atoms with Crippen molar-refractivity contribution in [1.29, 1.82) is 0 Å². The van der Waals surface area contributed by atoms with Gasteiger partial charge in [0.2, 0.25) is 0 Å². The van der Waals surface area contributed by atoms with Crippen molar-refractivity contribution in [3.63, 3.8) is 0 Å². The van der Waals surface area contributed by atoms with E-state index >= 15 is 0 Å². The van der Waals surface area contributed by atoms with Gasteiger partial charge >= 0.3 is 0 Å². The number of anilines is 1. The van der Waals surface area contributed by atoms with Crippen molar-refractivity contribution in [3.8, 4) is 22.8 Å². The van der Waals surface area contributed by atoms with E-state index in [2.05, 4.69) is 10.3 Å². The number of carbonyl (C=O) groups is 1. The number of carbonyl (C=O) groups excluding carboxylic acids is 1. The summed E-state index contributed by atoms with van der Waals surface area (Å²) >= 11 is 0. The molecule has 4 aromatic rings. The number of aromatic nitrogens is 2. The van der Waals surface area contributed by atoms with Crippen LogP contribution in [-0.2, 0) is 4.79 Å². The number of hydrogen-bond donors (Lipinski definition) is 1. The van der Waals surface area contributed by atoms with Gasteiger partial charge in [-0.3, -0.25) is 4.79 Å². The van der Waals surface area contributed by atoms with Gasteiger partial charge in [-0.05, 0) is 67.9 Å². The van der Waals surface area contributed by atoms with Gasteiger partial charge in [0.1, 0.15) is 11.5 Å². The van der Waals surface area contributed by atoms with Crippen molar-refractivity contribution in [1.82, 2.24) is 9.38 Å². The Kier molecular flexibility index (Phi) is 5.58. The van der Waals surface area contributed by atoms with E-state index in [9.17, 15) is 9.18 Å². The van der Waals surface area contributed by atoms with Gasteiger partial charge in [-0.1, -0.05) is 6.07 Å². The zero-order valence-corrected chi connectivity index (χ0v) is 17.4. The number of nitrogens with zero attached hydrogens (tertiary/aromatic N) is 2. The maximum absolute atomic E-state index is 13.2. The highest BCUT2D eigenvalue weighted by atomic mass is 19.1. The molecule has 1 amide bonds. The predicted molar refractivity (Wildman–Crippen MR) is 117 cm³/mol. The molecule has 0 aliphatic rings. The number of nitrogens with one attached hydrogen (secondary N) is 1. The first-order valence-electron chi connectivity index (χ1n) is 9.80. The molecule has 0 spiro atoms. The average molecular weight is 419 g/mol. The summed E-state index contributed by atoms with van der Waals surface area (Å²) in [5, 5.41) is 2.86. The summed E-state index contributed by atoms with van der Waals surface area (Å²) in [6.07, 6.45) is 2.87. The quantitative estimate of drug-likeness (QED) is 0.485. The zero-order chi connectivity index (χ0) is 22.0. The van der Waals surface area contributed by atoms with E-state index in [0.29, 0.717) is 28.5 Å². The Morgan fingerprint density at radius 1 is 1.06 bits per heavy atom. The van der Waals surface area contributed by atoms with Crippen LogP contribution < -0.4 is 14.8 Å². The van der Waals surface area contributed by atoms with Gasteiger partial charge in [0, 0.05) is 18.0 Å². The van der Waals surface area contributed by atoms with Crippen LogP contribution in [0.5, 0.6) is 11.5 Å². The van der Waals surface area contributed by atoms with Gasteiger partial charge < -0.3 is 19.2 Å². The van der Waals surface area contributed by atoms with Crippen molar-refractivity contribution in [2.24, 2.45) is 0 Å². The molecule has 0 saturated carbocycles. The van der Waals surface area contributed by atoms with Crippen molar-refractivity contribution in [2.75, 3.05) is 12.4 Å². The molecule has 6 nitrogen and oxygen atoms in total. The smallest absolute Gasteiger partial charge is 0.265 e. The van der Waals surface area contributed by atoms with Crippen LogP contribution in [0.15, 0.2) is 67.0 Å². The number of fused-ring (bicyclic) bond motifs is 1. The molecule has 158 valence electrons. The van der Waals surface area contributed by atoms with Gasteiger partial charge in [-0.15, -0.1) is 0 Å². The number of rotatable bonds is 6. The Morgan fingerprint density at radius 2 is 1.84 bits per heavy atom. The van der Waals surface area contributed by atoms with E-state index in [1.54, 1.807) is 50.6 Å². The normalized spacial score (nSPS) is 11.9. The number of benzene rings is 2. The topological polar surface area (TPSA) is 64.9 Å². The summed E-state index contributed by atoms with van der Waals surface area (Å²) in [7, 11) is 1.56. The average Bonchev–Trinajstić information content (AvgIpc) is 3.18. The first-order chi connectivity index (χ1) is 14.9. The molecule has 4 rings (SSSR count). The lowest BCUT2D eigenvalue weighted by molar-refractivity contribution is -0.122. The molecule has 2 aromatic carbocycles. The molecular formula is C24H22FN3O3. The maximum atomic E-state index is 13.2. The van der Waals surface area contributed by atoms with Crippen LogP contribution in [0.25, 0.3) is 16.9 Å². The van der Waals surface area contributed by atoms with Crippen molar-refractivity contribution in [2.45, 2.75) is 20.0 Å². The molecule has 2 aromatic heterocycles. The zero-order valence-electron chi connectivity index (χ0n) is 17.4. The Hall–Kier alpha value is -3.87. The first-order valence-corrected chi connectivity index (χ1v) is 9.80. The summed E-state index contributed by atoms with van der Waals surface area (Å²) in [5.41, 5.74) is 3.88. The summed E-state index contributed by atoms with van der Waals surface area (Å²) in [5.74, 6) is 0.496. The Bertz CT molecular complexity index is 1230. The molecule has 0 bridgehead atoms. The number of hydrogen-bond acceptors (Lipinski definition) is 4. The number of methoxy groups -OCH3 is 1. The molecule has 0 radical (unpaired) electrons. The largest absolute Gasteiger partial charge is 0.493 e. The summed E-state index contributed by atoms with van der Waals surface area (Å²) in [6, 6.07) is 15.3. The molecule has 1 unspecified atom stereocenters. The first kappa shape index (κ1) is 20.4. The van der Waals surface area contributed by atoms with Crippen molar-refractivity contribution >= 4 is 17.2 Å². The van der Waals surface area contributed by atoms with Gasteiger partial charge in [0.05, 0.1) is 18.5 Å². The molecule has 0 aliphatic heterocycles. The fourth-order valence-corrected chi connectivity index (χ4v) is 3.19. The highest BCUT2D eigenvalue weighted by Gasteiger charge is 2.17. The van der Waals surface area contributed by atoms with Gasteiger partial charge in [-0.2, -0.15) is 0 Å². The Balaban J connectivity index is 1.48. The number of pyridine rings is 1. The second-order valence-electron chi connectivity index (χ2n) is 7.22. The maximum Gasteiger partial charge on any atom is 0.265 e. The summed E-state index contributed by atoms with van der Waals surface area (Å²) in [6.45, 7) is 3.63. The van der Waals surface area contributed by atoms with Crippen LogP contribution >= 0.6 is 0 Å². The van der Waals surface area contributed by atoms with Gasteiger partial charge in [-0.25, -0.2) is 9.37 Å². The van der Waals surface area contributed by atoms with E-state index in [0.717, 1.165) is 11.1 Å². The van der Waals surface area contributed by atoms with E-state index in [1.165, 1.54) is 12.1 Å². The monoisotopic (exact) mass is 419 g/mol. The highest BCUT2D eigenvalue weighted by molar-refractivity contribution is 5.94. The molecular weight excluding hydrogens is 397 g/mol. The molecule has 1 atom stereocenters. The van der Waals surface area contributed by atoms with Crippen LogP contribution in [0.2, 0.25) is 0 Å². The minimum atomic E-state index is -0.732. The number of ether oxygens (including phenoxy) is 2. The molecule has 1 N–H and O–H groups in total. The second-order valence-corrected chi connectivity index (χ2v) is 7.22. The van der Waals surface area contributed by atoms with E-state index in [-0.39, 0.29) is 11.7 Å². The molecule has 31 heavy (non-hydrogen) atoms. The van der Waals surface area contributed by atoms with Crippen molar-refractivity contribution < 1.29 is 18.7 Å². The van der Waals surface area contributed by atoms with Gasteiger partial charge in [0.25, 0.3) is 5.91 Å². The second kappa shape index (κ2) is 8.47. The molecule has 2 heterocycles. The Labute approximate surface area is 179 Å². The fraction of sp³-hybridized carbons (Fsp3) is 0.167. The highest BCUT2D eigenvalue weighted by Crippen LogP contribution is 2.29. The molecule has 0 saturated heterocycles. The van der Waals surface area contributed by atoms with Crippen LogP contribution in [-0.4, -0.2) is 28.5 Å². The predicted octanol–water partition coefficient (Wildman–Crippen LogP) is 4.86. The third-order valence-electron chi connectivity index (χ3n) is 4.85. The third-order valence-corrected chi connectivity index (χ3v) is 4.85. The van der Waals surface area contributed by atoms with Crippen LogP contribution in [0.3, 0.4) is 0 Å². The lowest BCUT2D eigenvalue weighted by Gasteiger charge is -2.17. The SMILES string of the molecule is COc1cc(C)ccc1OC(C)C(=O)Nc1ccc2nc(-c3ccc(F)cc3)cn2c1. The molecule has 0 aliphatic carbocycles.